The van der Waals surface area contributed by atoms with Crippen molar-refractivity contribution in [3.8, 4) is 17.9 Å². The van der Waals surface area contributed by atoms with Gasteiger partial charge < -0.3 is 5.32 Å². The molecule has 19 heavy (non-hydrogen) atoms. The van der Waals surface area contributed by atoms with Gasteiger partial charge in [0.15, 0.2) is 6.04 Å². The highest BCUT2D eigenvalue weighted by Crippen LogP contribution is 2.32. The minimum absolute atomic E-state index is 0.0857. The number of nitrogens with one attached hydrogen (secondary N) is 1. The Balaban J connectivity index is 3.13. The molecule has 1 aromatic carbocycles. The molecule has 1 amide bonds. The van der Waals surface area contributed by atoms with Gasteiger partial charge in [-0.15, -0.1) is 0 Å². The Morgan fingerprint density at radius 3 is 2.63 bits per heavy atom. The number of rotatable bonds is 2. The van der Waals surface area contributed by atoms with E-state index >= 15 is 0 Å². The van der Waals surface area contributed by atoms with Crippen molar-refractivity contribution in [1.82, 2.24) is 5.32 Å². The van der Waals surface area contributed by atoms with E-state index in [-0.39, 0.29) is 11.1 Å². The molecule has 0 saturated heterocycles. The predicted molar refractivity (Wildman–Crippen MR) is 61.5 cm³/mol. The number of carbonyl (C=O) groups excluding carboxylic acids is 1. The fourth-order valence-corrected chi connectivity index (χ4v) is 1.42. The highest BCUT2D eigenvalue weighted by atomic mass is 19.4. The quantitative estimate of drug-likeness (QED) is 0.835. The number of hydrogen-bond donors (Lipinski definition) is 1. The Morgan fingerprint density at radius 1 is 1.42 bits per heavy atom. The van der Waals surface area contributed by atoms with Crippen LogP contribution in [0.15, 0.2) is 24.3 Å². The molecule has 0 aliphatic rings. The lowest BCUT2D eigenvalue weighted by Gasteiger charge is -2.21. The number of alkyl halides is 3. The van der Waals surface area contributed by atoms with Gasteiger partial charge in [0.2, 0.25) is 0 Å². The van der Waals surface area contributed by atoms with E-state index in [0.29, 0.717) is 0 Å². The Hall–Kier alpha value is -2.47. The Bertz CT molecular complexity index is 576. The van der Waals surface area contributed by atoms with Crippen molar-refractivity contribution in [3.05, 3.63) is 35.4 Å². The minimum Gasteiger partial charge on any atom is -0.330 e. The fraction of sp³-hybridized carbons (Fsp3) is 0.231. The minimum atomic E-state index is -4.67. The van der Waals surface area contributed by atoms with Crippen molar-refractivity contribution < 1.29 is 18.0 Å². The van der Waals surface area contributed by atoms with Crippen LogP contribution in [0.3, 0.4) is 0 Å². The lowest BCUT2D eigenvalue weighted by atomic mass is 10.0. The third kappa shape index (κ3) is 4.04. The first-order chi connectivity index (χ1) is 8.88. The SMILES string of the molecule is CC#CC(=O)NC(c1cccc(C#N)c1)C(F)(F)F. The first-order valence-corrected chi connectivity index (χ1v) is 5.18. The van der Waals surface area contributed by atoms with E-state index in [4.69, 9.17) is 5.26 Å². The van der Waals surface area contributed by atoms with Gasteiger partial charge in [-0.1, -0.05) is 18.1 Å². The van der Waals surface area contributed by atoms with Crippen LogP contribution in [0.25, 0.3) is 0 Å². The zero-order valence-electron chi connectivity index (χ0n) is 9.88. The third-order valence-corrected chi connectivity index (χ3v) is 2.19. The van der Waals surface area contributed by atoms with Gasteiger partial charge in [-0.3, -0.25) is 4.79 Å². The molecular weight excluding hydrogens is 257 g/mol. The second-order valence-corrected chi connectivity index (χ2v) is 3.56. The molecule has 0 heterocycles. The second kappa shape index (κ2) is 5.92. The Kier molecular flexibility index (Phi) is 4.55. The highest BCUT2D eigenvalue weighted by Gasteiger charge is 2.41. The van der Waals surface area contributed by atoms with E-state index in [1.807, 2.05) is 5.92 Å². The van der Waals surface area contributed by atoms with E-state index in [2.05, 4.69) is 5.92 Å². The van der Waals surface area contributed by atoms with Crippen LogP contribution in [0.1, 0.15) is 24.1 Å². The predicted octanol–water partition coefficient (Wildman–Crippen LogP) is 2.30. The summed E-state index contributed by atoms with van der Waals surface area (Å²) in [6.07, 6.45) is -4.67. The molecule has 3 nitrogen and oxygen atoms in total. The van der Waals surface area contributed by atoms with Crippen LogP contribution < -0.4 is 5.32 Å². The molecule has 0 aliphatic carbocycles. The summed E-state index contributed by atoms with van der Waals surface area (Å²) in [6, 6.07) is 4.54. The van der Waals surface area contributed by atoms with Crippen LogP contribution in [0.2, 0.25) is 0 Å². The number of nitrogens with zero attached hydrogens (tertiary/aromatic N) is 1. The maximum absolute atomic E-state index is 12.9. The number of halogens is 3. The van der Waals surface area contributed by atoms with Gasteiger partial charge in [0.1, 0.15) is 0 Å². The van der Waals surface area contributed by atoms with E-state index in [1.165, 1.54) is 25.1 Å². The summed E-state index contributed by atoms with van der Waals surface area (Å²) in [7, 11) is 0. The standard InChI is InChI=1S/C13H9F3N2O/c1-2-4-11(19)18-12(13(14,15)16)10-6-3-5-9(7-10)8-17/h3,5-7,12H,1H3,(H,18,19). The molecule has 0 aliphatic heterocycles. The second-order valence-electron chi connectivity index (χ2n) is 3.56. The Morgan fingerprint density at radius 2 is 2.11 bits per heavy atom. The van der Waals surface area contributed by atoms with Crippen molar-refractivity contribution in [1.29, 1.82) is 5.26 Å². The smallest absolute Gasteiger partial charge is 0.330 e. The lowest BCUT2D eigenvalue weighted by molar-refractivity contribution is -0.161. The molecule has 1 N–H and O–H groups in total. The largest absolute Gasteiger partial charge is 0.412 e. The number of hydrogen-bond acceptors (Lipinski definition) is 2. The van der Waals surface area contributed by atoms with Crippen molar-refractivity contribution in [2.45, 2.75) is 19.1 Å². The fourth-order valence-electron chi connectivity index (χ4n) is 1.42. The van der Waals surface area contributed by atoms with Gasteiger partial charge in [0, 0.05) is 0 Å². The van der Waals surface area contributed by atoms with Crippen LogP contribution in [0, 0.1) is 23.2 Å². The van der Waals surface area contributed by atoms with Gasteiger partial charge in [-0.25, -0.2) is 0 Å². The summed E-state index contributed by atoms with van der Waals surface area (Å²) in [5.74, 6) is 3.18. The number of benzene rings is 1. The zero-order valence-corrected chi connectivity index (χ0v) is 9.88. The molecule has 0 radical (unpaired) electrons. The highest BCUT2D eigenvalue weighted by molar-refractivity contribution is 5.93. The summed E-state index contributed by atoms with van der Waals surface area (Å²) in [4.78, 5) is 11.2. The number of amides is 1. The maximum Gasteiger partial charge on any atom is 0.412 e. The van der Waals surface area contributed by atoms with Gasteiger partial charge in [0.25, 0.3) is 5.91 Å². The van der Waals surface area contributed by atoms with Crippen LogP contribution in [-0.4, -0.2) is 12.1 Å². The Labute approximate surface area is 108 Å². The molecule has 0 aromatic heterocycles. The molecule has 1 unspecified atom stereocenters. The lowest BCUT2D eigenvalue weighted by Crippen LogP contribution is -2.37. The molecule has 0 bridgehead atoms. The maximum atomic E-state index is 12.9. The van der Waals surface area contributed by atoms with Gasteiger partial charge in [-0.2, -0.15) is 18.4 Å². The molecular formula is C13H9F3N2O. The summed E-state index contributed by atoms with van der Waals surface area (Å²) in [5.41, 5.74) is -0.125. The first-order valence-electron chi connectivity index (χ1n) is 5.18. The van der Waals surface area contributed by atoms with Gasteiger partial charge in [0.05, 0.1) is 11.6 Å². The van der Waals surface area contributed by atoms with Gasteiger partial charge >= 0.3 is 6.18 Å². The number of carbonyl (C=O) groups is 1. The topological polar surface area (TPSA) is 52.9 Å². The van der Waals surface area contributed by atoms with Crippen molar-refractivity contribution in [3.63, 3.8) is 0 Å². The summed E-state index contributed by atoms with van der Waals surface area (Å²) >= 11 is 0. The molecule has 6 heteroatoms. The molecule has 0 saturated carbocycles. The van der Waals surface area contributed by atoms with Gasteiger partial charge in [-0.05, 0) is 30.5 Å². The molecule has 1 rings (SSSR count). The first kappa shape index (κ1) is 14.6. The number of nitriles is 1. The van der Waals surface area contributed by atoms with Crippen LogP contribution in [0.4, 0.5) is 13.2 Å². The average Bonchev–Trinajstić information content (AvgIpc) is 2.35. The molecule has 1 atom stereocenters. The van der Waals surface area contributed by atoms with E-state index in [1.54, 1.807) is 11.4 Å². The van der Waals surface area contributed by atoms with E-state index < -0.39 is 18.1 Å². The van der Waals surface area contributed by atoms with E-state index in [0.717, 1.165) is 6.07 Å². The van der Waals surface area contributed by atoms with Crippen molar-refractivity contribution >= 4 is 5.91 Å². The van der Waals surface area contributed by atoms with Crippen LogP contribution in [-0.2, 0) is 4.79 Å². The summed E-state index contributed by atoms with van der Waals surface area (Å²) in [5, 5.41) is 10.5. The summed E-state index contributed by atoms with van der Waals surface area (Å²) < 4.78 is 38.7. The normalized spacial score (nSPS) is 11.7. The third-order valence-electron chi connectivity index (χ3n) is 2.19. The van der Waals surface area contributed by atoms with Crippen molar-refractivity contribution in [2.24, 2.45) is 0 Å². The van der Waals surface area contributed by atoms with E-state index in [9.17, 15) is 18.0 Å². The monoisotopic (exact) mass is 266 g/mol. The van der Waals surface area contributed by atoms with Crippen molar-refractivity contribution in [2.75, 3.05) is 0 Å². The van der Waals surface area contributed by atoms with Crippen LogP contribution >= 0.6 is 0 Å². The molecule has 1 aromatic rings. The average molecular weight is 266 g/mol. The molecule has 0 spiro atoms. The van der Waals surface area contributed by atoms with Crippen LogP contribution in [0.5, 0.6) is 0 Å². The zero-order chi connectivity index (χ0) is 14.5. The molecule has 98 valence electrons. The molecule has 0 fully saturated rings. The summed E-state index contributed by atoms with van der Waals surface area (Å²) in [6.45, 7) is 1.35.